The molecule has 2 heterocycles. The highest BCUT2D eigenvalue weighted by Gasteiger charge is 2.27. The van der Waals surface area contributed by atoms with Gasteiger partial charge >= 0.3 is 6.03 Å². The number of rotatable bonds is 3. The van der Waals surface area contributed by atoms with Crippen molar-refractivity contribution in [3.63, 3.8) is 0 Å². The molecule has 0 radical (unpaired) electrons. The average Bonchev–Trinajstić information content (AvgIpc) is 2.44. The zero-order valence-electron chi connectivity index (χ0n) is 12.8. The summed E-state index contributed by atoms with van der Waals surface area (Å²) in [5.74, 6) is 1.05. The summed E-state index contributed by atoms with van der Waals surface area (Å²) in [4.78, 5) is 16.2. The number of carbonyl (C=O) groups excluding carboxylic acids is 1. The van der Waals surface area contributed by atoms with E-state index < -0.39 is 0 Å². The summed E-state index contributed by atoms with van der Waals surface area (Å²) in [5.41, 5.74) is 0. The van der Waals surface area contributed by atoms with Crippen molar-refractivity contribution in [2.45, 2.75) is 38.7 Å². The quantitative estimate of drug-likeness (QED) is 0.816. The second kappa shape index (κ2) is 7.27. The van der Waals surface area contributed by atoms with Crippen LogP contribution < -0.4 is 5.32 Å². The molecule has 2 amide bonds. The fourth-order valence-corrected chi connectivity index (χ4v) is 3.08. The Labute approximate surface area is 122 Å². The second-order valence-corrected chi connectivity index (χ2v) is 6.55. The molecule has 0 saturated carbocycles. The van der Waals surface area contributed by atoms with Crippen LogP contribution in [0.5, 0.6) is 0 Å². The van der Waals surface area contributed by atoms with E-state index in [0.29, 0.717) is 12.5 Å². The highest BCUT2D eigenvalue weighted by atomic mass is 16.3. The Balaban J connectivity index is 1.63. The van der Waals surface area contributed by atoms with Gasteiger partial charge < -0.3 is 20.2 Å². The number of nitrogens with one attached hydrogen (secondary N) is 1. The third-order valence-corrected chi connectivity index (χ3v) is 4.87. The van der Waals surface area contributed by atoms with Crippen LogP contribution in [-0.4, -0.2) is 66.8 Å². The van der Waals surface area contributed by atoms with Crippen LogP contribution >= 0.6 is 0 Å². The normalized spacial score (nSPS) is 29.4. The molecule has 2 aliphatic heterocycles. The SMILES string of the molecule is CC1CCN(C(=O)NCCC2CCN(C)CC2)CC1O. The number of aliphatic hydroxyl groups excluding tert-OH is 1. The van der Waals surface area contributed by atoms with Gasteiger partial charge in [0.15, 0.2) is 0 Å². The Morgan fingerprint density at radius 3 is 2.60 bits per heavy atom. The van der Waals surface area contributed by atoms with Gasteiger partial charge in [-0.1, -0.05) is 6.92 Å². The maximum absolute atomic E-state index is 12.0. The van der Waals surface area contributed by atoms with Gasteiger partial charge in [0.25, 0.3) is 0 Å². The molecule has 2 saturated heterocycles. The molecule has 2 unspecified atom stereocenters. The number of piperidine rings is 2. The minimum Gasteiger partial charge on any atom is -0.391 e. The highest BCUT2D eigenvalue weighted by molar-refractivity contribution is 5.74. The lowest BCUT2D eigenvalue weighted by molar-refractivity contribution is 0.0435. The standard InChI is InChI=1S/C15H29N3O2/c1-12-4-10-18(11-14(12)19)15(20)16-7-3-13-5-8-17(2)9-6-13/h12-14,19H,3-11H2,1-2H3,(H,16,20). The summed E-state index contributed by atoms with van der Waals surface area (Å²) in [6, 6.07) is -0.0103. The number of aliphatic hydroxyl groups is 1. The molecule has 116 valence electrons. The molecule has 2 fully saturated rings. The zero-order chi connectivity index (χ0) is 14.5. The lowest BCUT2D eigenvalue weighted by Gasteiger charge is -2.34. The largest absolute Gasteiger partial charge is 0.391 e. The summed E-state index contributed by atoms with van der Waals surface area (Å²) < 4.78 is 0. The molecule has 5 heteroatoms. The van der Waals surface area contributed by atoms with E-state index in [9.17, 15) is 9.90 Å². The van der Waals surface area contributed by atoms with Crippen LogP contribution in [0.4, 0.5) is 4.79 Å². The number of hydrogen-bond acceptors (Lipinski definition) is 3. The van der Waals surface area contributed by atoms with Crippen molar-refractivity contribution in [2.24, 2.45) is 11.8 Å². The maximum atomic E-state index is 12.0. The highest BCUT2D eigenvalue weighted by Crippen LogP contribution is 2.19. The number of carbonyl (C=O) groups is 1. The molecular weight excluding hydrogens is 254 g/mol. The summed E-state index contributed by atoms with van der Waals surface area (Å²) in [7, 11) is 2.17. The van der Waals surface area contributed by atoms with Crippen molar-refractivity contribution < 1.29 is 9.90 Å². The number of likely N-dealkylation sites (tertiary alicyclic amines) is 2. The van der Waals surface area contributed by atoms with Gasteiger partial charge in [0.2, 0.25) is 0 Å². The van der Waals surface area contributed by atoms with E-state index in [1.165, 1.54) is 25.9 Å². The van der Waals surface area contributed by atoms with Gasteiger partial charge in [0.05, 0.1) is 6.10 Å². The molecule has 20 heavy (non-hydrogen) atoms. The minimum atomic E-state index is -0.372. The number of β-amino-alcohol motifs (C(OH)–C–C–N with tert-alkyl or cyclic N) is 1. The van der Waals surface area contributed by atoms with E-state index >= 15 is 0 Å². The molecule has 2 rings (SSSR count). The van der Waals surface area contributed by atoms with Crippen molar-refractivity contribution in [3.8, 4) is 0 Å². The van der Waals surface area contributed by atoms with Crippen LogP contribution in [0.15, 0.2) is 0 Å². The predicted molar refractivity (Wildman–Crippen MR) is 79.6 cm³/mol. The van der Waals surface area contributed by atoms with Crippen LogP contribution in [0.1, 0.15) is 32.6 Å². The minimum absolute atomic E-state index is 0.0103. The van der Waals surface area contributed by atoms with Gasteiger partial charge in [-0.25, -0.2) is 4.79 Å². The van der Waals surface area contributed by atoms with Gasteiger partial charge in [-0.05, 0) is 57.7 Å². The number of amides is 2. The van der Waals surface area contributed by atoms with E-state index in [0.717, 1.165) is 31.8 Å². The predicted octanol–water partition coefficient (Wildman–Crippen LogP) is 1.13. The molecule has 2 atom stereocenters. The smallest absolute Gasteiger partial charge is 0.317 e. The molecule has 0 spiro atoms. The van der Waals surface area contributed by atoms with Crippen LogP contribution in [-0.2, 0) is 0 Å². The van der Waals surface area contributed by atoms with Gasteiger partial charge in [-0.2, -0.15) is 0 Å². The first-order chi connectivity index (χ1) is 9.56. The number of hydrogen-bond donors (Lipinski definition) is 2. The van der Waals surface area contributed by atoms with Crippen LogP contribution in [0.2, 0.25) is 0 Å². The fourth-order valence-electron chi connectivity index (χ4n) is 3.08. The molecule has 2 N–H and O–H groups in total. The molecule has 5 nitrogen and oxygen atoms in total. The van der Waals surface area contributed by atoms with Gasteiger partial charge in [-0.3, -0.25) is 0 Å². The lowest BCUT2D eigenvalue weighted by atomic mass is 9.94. The van der Waals surface area contributed by atoms with E-state index in [1.807, 2.05) is 6.92 Å². The summed E-state index contributed by atoms with van der Waals surface area (Å²) in [5, 5.41) is 12.8. The van der Waals surface area contributed by atoms with Crippen LogP contribution in [0.3, 0.4) is 0 Å². The van der Waals surface area contributed by atoms with Crippen LogP contribution in [0.25, 0.3) is 0 Å². The van der Waals surface area contributed by atoms with E-state index in [1.54, 1.807) is 4.90 Å². The van der Waals surface area contributed by atoms with Crippen molar-refractivity contribution in [3.05, 3.63) is 0 Å². The van der Waals surface area contributed by atoms with E-state index in [4.69, 9.17) is 0 Å². The zero-order valence-corrected chi connectivity index (χ0v) is 12.8. The van der Waals surface area contributed by atoms with Crippen molar-refractivity contribution in [2.75, 3.05) is 39.8 Å². The third-order valence-electron chi connectivity index (χ3n) is 4.87. The first kappa shape index (κ1) is 15.6. The molecule has 2 aliphatic rings. The molecule has 0 aromatic carbocycles. The third kappa shape index (κ3) is 4.35. The van der Waals surface area contributed by atoms with Crippen LogP contribution in [0, 0.1) is 11.8 Å². The molecular formula is C15H29N3O2. The topological polar surface area (TPSA) is 55.8 Å². The summed E-state index contributed by atoms with van der Waals surface area (Å²) in [6.07, 6.45) is 4.08. The Morgan fingerprint density at radius 2 is 1.95 bits per heavy atom. The molecule has 0 aliphatic carbocycles. The average molecular weight is 283 g/mol. The van der Waals surface area contributed by atoms with Gasteiger partial charge in [-0.15, -0.1) is 0 Å². The lowest BCUT2D eigenvalue weighted by Crippen LogP contribution is -2.50. The monoisotopic (exact) mass is 283 g/mol. The fraction of sp³-hybridized carbons (Fsp3) is 0.933. The number of nitrogens with zero attached hydrogens (tertiary/aromatic N) is 2. The first-order valence-electron chi connectivity index (χ1n) is 7.95. The number of urea groups is 1. The summed E-state index contributed by atoms with van der Waals surface area (Å²) >= 11 is 0. The van der Waals surface area contributed by atoms with E-state index in [2.05, 4.69) is 17.3 Å². The van der Waals surface area contributed by atoms with Gasteiger partial charge in [0.1, 0.15) is 0 Å². The second-order valence-electron chi connectivity index (χ2n) is 6.55. The Morgan fingerprint density at radius 1 is 1.25 bits per heavy atom. The Kier molecular flexibility index (Phi) is 5.66. The Bertz CT molecular complexity index is 316. The molecule has 0 aromatic heterocycles. The molecule has 0 bridgehead atoms. The van der Waals surface area contributed by atoms with Crippen molar-refractivity contribution in [1.29, 1.82) is 0 Å². The van der Waals surface area contributed by atoms with E-state index in [-0.39, 0.29) is 12.1 Å². The summed E-state index contributed by atoms with van der Waals surface area (Å²) in [6.45, 7) is 6.39. The Hall–Kier alpha value is -0.810. The molecule has 0 aromatic rings. The maximum Gasteiger partial charge on any atom is 0.317 e. The van der Waals surface area contributed by atoms with Gasteiger partial charge in [0, 0.05) is 19.6 Å². The van der Waals surface area contributed by atoms with Crippen molar-refractivity contribution in [1.82, 2.24) is 15.1 Å². The van der Waals surface area contributed by atoms with Crippen molar-refractivity contribution >= 4 is 6.03 Å². The first-order valence-corrected chi connectivity index (χ1v) is 7.95.